The van der Waals surface area contributed by atoms with Crippen LogP contribution < -0.4 is 5.73 Å². The predicted molar refractivity (Wildman–Crippen MR) is 65.9 cm³/mol. The fourth-order valence-electron chi connectivity index (χ4n) is 1.61. The molecule has 0 fully saturated rings. The summed E-state index contributed by atoms with van der Waals surface area (Å²) < 4.78 is 1.48. The molecule has 0 saturated heterocycles. The number of nitrogens with zero attached hydrogens (tertiary/aromatic N) is 4. The third kappa shape index (κ3) is 3.03. The van der Waals surface area contributed by atoms with Crippen LogP contribution in [0.4, 0.5) is 11.6 Å². The average molecular weight is 247 g/mol. The van der Waals surface area contributed by atoms with Crippen molar-refractivity contribution in [3.8, 4) is 0 Å². The van der Waals surface area contributed by atoms with E-state index in [9.17, 15) is 10.1 Å². The Morgan fingerprint density at radius 3 is 2.67 bits per heavy atom. The highest BCUT2D eigenvalue weighted by atomic mass is 16.6. The number of hydrogen-bond acceptors (Lipinski definition) is 5. The van der Waals surface area contributed by atoms with Crippen molar-refractivity contribution in [3.05, 3.63) is 46.3 Å². The van der Waals surface area contributed by atoms with Crippen LogP contribution in [-0.4, -0.2) is 19.7 Å². The molecule has 0 unspecified atom stereocenters. The molecular weight excluding hydrogens is 234 g/mol. The fraction of sp³-hybridized carbons (Fsp3) is 0.273. The summed E-state index contributed by atoms with van der Waals surface area (Å²) in [6, 6.07) is 7.66. The van der Waals surface area contributed by atoms with E-state index in [0.29, 0.717) is 6.54 Å². The third-order valence-corrected chi connectivity index (χ3v) is 2.52. The van der Waals surface area contributed by atoms with Gasteiger partial charge in [0.25, 0.3) is 0 Å². The second-order valence-electron chi connectivity index (χ2n) is 3.91. The van der Waals surface area contributed by atoms with Gasteiger partial charge in [0.15, 0.2) is 0 Å². The molecule has 0 spiro atoms. The Balaban J connectivity index is 1.84. The number of anilines is 1. The summed E-state index contributed by atoms with van der Waals surface area (Å²) in [5, 5.41) is 14.1. The van der Waals surface area contributed by atoms with Crippen molar-refractivity contribution in [3.63, 3.8) is 0 Å². The number of aryl methyl sites for hydroxylation is 2. The first kappa shape index (κ1) is 12.0. The molecule has 0 radical (unpaired) electrons. The number of rotatable bonds is 5. The third-order valence-electron chi connectivity index (χ3n) is 2.52. The van der Waals surface area contributed by atoms with Crippen LogP contribution in [0.1, 0.15) is 12.0 Å². The van der Waals surface area contributed by atoms with Crippen molar-refractivity contribution < 1.29 is 4.92 Å². The van der Waals surface area contributed by atoms with Gasteiger partial charge < -0.3 is 15.8 Å². The van der Waals surface area contributed by atoms with E-state index in [4.69, 9.17) is 5.73 Å². The Labute approximate surface area is 103 Å². The second-order valence-corrected chi connectivity index (χ2v) is 3.91. The highest BCUT2D eigenvalue weighted by Crippen LogP contribution is 2.08. The molecule has 0 saturated carbocycles. The summed E-state index contributed by atoms with van der Waals surface area (Å²) >= 11 is 0. The Bertz CT molecular complexity index is 535. The first-order chi connectivity index (χ1) is 8.65. The number of hydrogen-bond donors (Lipinski definition) is 1. The summed E-state index contributed by atoms with van der Waals surface area (Å²) in [4.78, 5) is 13.4. The molecule has 0 aliphatic carbocycles. The number of nitro groups is 1. The normalized spacial score (nSPS) is 10.4. The number of nitrogen functional groups attached to an aromatic ring is 1. The van der Waals surface area contributed by atoms with Crippen molar-refractivity contribution in [2.75, 3.05) is 5.73 Å². The van der Waals surface area contributed by atoms with Crippen LogP contribution in [0.25, 0.3) is 0 Å². The van der Waals surface area contributed by atoms with Crippen LogP contribution in [0.15, 0.2) is 30.6 Å². The lowest BCUT2D eigenvalue weighted by Crippen LogP contribution is -2.01. The largest absolute Gasteiger partial charge is 0.490 e. The van der Waals surface area contributed by atoms with Gasteiger partial charge in [0.2, 0.25) is 6.33 Å². The van der Waals surface area contributed by atoms with Crippen LogP contribution in [0.3, 0.4) is 0 Å². The summed E-state index contributed by atoms with van der Waals surface area (Å²) in [7, 11) is 0. The van der Waals surface area contributed by atoms with E-state index in [1.165, 1.54) is 16.6 Å². The van der Waals surface area contributed by atoms with E-state index in [1.54, 1.807) is 0 Å². The predicted octanol–water partition coefficient (Wildman–Crippen LogP) is 1.40. The molecule has 1 aromatic heterocycles. The van der Waals surface area contributed by atoms with Gasteiger partial charge in [-0.3, -0.25) is 0 Å². The molecule has 0 aliphatic heterocycles. The first-order valence-corrected chi connectivity index (χ1v) is 5.53. The minimum Gasteiger partial charge on any atom is -0.399 e. The van der Waals surface area contributed by atoms with Gasteiger partial charge in [-0.15, -0.1) is 0 Å². The molecule has 2 aromatic rings. The molecule has 2 N–H and O–H groups in total. The van der Waals surface area contributed by atoms with Crippen LogP contribution in [0, 0.1) is 10.1 Å². The topological polar surface area (TPSA) is 99.9 Å². The SMILES string of the molecule is Nc1ccc(CCCn2cnc([N+](=O)[O-])n2)cc1. The quantitative estimate of drug-likeness (QED) is 0.489. The molecule has 0 atom stereocenters. The van der Waals surface area contributed by atoms with Crippen LogP contribution in [0.5, 0.6) is 0 Å². The van der Waals surface area contributed by atoms with Crippen molar-refractivity contribution in [2.45, 2.75) is 19.4 Å². The monoisotopic (exact) mass is 247 g/mol. The highest BCUT2D eigenvalue weighted by molar-refractivity contribution is 5.39. The van der Waals surface area contributed by atoms with E-state index in [2.05, 4.69) is 10.1 Å². The van der Waals surface area contributed by atoms with Crippen molar-refractivity contribution in [2.24, 2.45) is 0 Å². The lowest BCUT2D eigenvalue weighted by Gasteiger charge is -2.00. The first-order valence-electron chi connectivity index (χ1n) is 5.53. The van der Waals surface area contributed by atoms with Gasteiger partial charge in [-0.1, -0.05) is 17.1 Å². The minimum absolute atomic E-state index is 0.359. The smallest absolute Gasteiger partial charge is 0.399 e. The Morgan fingerprint density at radius 2 is 2.06 bits per heavy atom. The molecule has 18 heavy (non-hydrogen) atoms. The molecule has 1 heterocycles. The minimum atomic E-state index is -0.601. The standard InChI is InChI=1S/C11H13N5O2/c12-10-5-3-9(4-6-10)2-1-7-15-8-13-11(14-15)16(17)18/h3-6,8H,1-2,7,12H2. The van der Waals surface area contributed by atoms with Crippen LogP contribution >= 0.6 is 0 Å². The highest BCUT2D eigenvalue weighted by Gasteiger charge is 2.12. The van der Waals surface area contributed by atoms with Crippen LogP contribution in [-0.2, 0) is 13.0 Å². The molecule has 1 aromatic carbocycles. The Morgan fingerprint density at radius 1 is 1.33 bits per heavy atom. The average Bonchev–Trinajstić information content (AvgIpc) is 2.81. The van der Waals surface area contributed by atoms with E-state index in [1.807, 2.05) is 24.3 Å². The van der Waals surface area contributed by atoms with E-state index in [0.717, 1.165) is 18.5 Å². The van der Waals surface area contributed by atoms with Crippen molar-refractivity contribution in [1.82, 2.24) is 14.8 Å². The zero-order valence-corrected chi connectivity index (χ0v) is 9.69. The fourth-order valence-corrected chi connectivity index (χ4v) is 1.61. The molecule has 0 bridgehead atoms. The second kappa shape index (κ2) is 5.26. The molecule has 2 rings (SSSR count). The molecule has 7 nitrogen and oxygen atoms in total. The van der Waals surface area contributed by atoms with E-state index in [-0.39, 0.29) is 5.95 Å². The summed E-state index contributed by atoms with van der Waals surface area (Å²) in [5.74, 6) is -0.359. The number of benzene rings is 1. The zero-order chi connectivity index (χ0) is 13.0. The van der Waals surface area contributed by atoms with Gasteiger partial charge >= 0.3 is 5.95 Å². The van der Waals surface area contributed by atoms with E-state index >= 15 is 0 Å². The lowest BCUT2D eigenvalue weighted by molar-refractivity contribution is -0.394. The van der Waals surface area contributed by atoms with Gasteiger partial charge in [0.1, 0.15) is 0 Å². The molecule has 0 aliphatic rings. The summed E-state index contributed by atoms with van der Waals surface area (Å²) in [6.45, 7) is 0.602. The molecule has 94 valence electrons. The molecule has 0 amide bonds. The maximum Gasteiger partial charge on any atom is 0.490 e. The molecular formula is C11H13N5O2. The Hall–Kier alpha value is -2.44. The summed E-state index contributed by atoms with van der Waals surface area (Å²) in [5.41, 5.74) is 7.51. The van der Waals surface area contributed by atoms with E-state index < -0.39 is 4.92 Å². The molecule has 7 heteroatoms. The van der Waals surface area contributed by atoms with Crippen LogP contribution in [0.2, 0.25) is 0 Å². The summed E-state index contributed by atoms with van der Waals surface area (Å²) in [6.07, 6.45) is 3.08. The lowest BCUT2D eigenvalue weighted by atomic mass is 10.1. The van der Waals surface area contributed by atoms with Gasteiger partial charge in [0, 0.05) is 10.8 Å². The zero-order valence-electron chi connectivity index (χ0n) is 9.69. The van der Waals surface area contributed by atoms with Gasteiger partial charge in [-0.05, 0) is 35.5 Å². The maximum atomic E-state index is 10.4. The maximum absolute atomic E-state index is 10.4. The number of aromatic nitrogens is 3. The van der Waals surface area contributed by atoms with Crippen molar-refractivity contribution in [1.29, 1.82) is 0 Å². The Kier molecular flexibility index (Phi) is 3.52. The van der Waals surface area contributed by atoms with Gasteiger partial charge in [0.05, 0.1) is 6.54 Å². The number of nitrogens with two attached hydrogens (primary N) is 1. The van der Waals surface area contributed by atoms with Crippen molar-refractivity contribution >= 4 is 11.6 Å². The van der Waals surface area contributed by atoms with Gasteiger partial charge in [-0.25, -0.2) is 0 Å². The van der Waals surface area contributed by atoms with Gasteiger partial charge in [-0.2, -0.15) is 4.68 Å².